The normalized spacial score (nSPS) is 12.7. The third-order valence-electron chi connectivity index (χ3n) is 2.61. The maximum atomic E-state index is 13.7. The third kappa shape index (κ3) is 4.06. The maximum absolute atomic E-state index is 13.7. The molecule has 1 rings (SSSR count). The summed E-state index contributed by atoms with van der Waals surface area (Å²) in [5, 5.41) is 3.20. The number of ether oxygens (including phenoxy) is 1. The van der Waals surface area contributed by atoms with Gasteiger partial charge in [-0.15, -0.1) is 0 Å². The fraction of sp³-hybridized carbons (Fsp3) is 0.538. The van der Waals surface area contributed by atoms with Crippen molar-refractivity contribution in [2.45, 2.75) is 25.8 Å². The van der Waals surface area contributed by atoms with Gasteiger partial charge in [0, 0.05) is 25.3 Å². The van der Waals surface area contributed by atoms with E-state index in [0.29, 0.717) is 18.6 Å². The summed E-state index contributed by atoms with van der Waals surface area (Å²) in [4.78, 5) is 0. The molecule has 0 heterocycles. The molecule has 0 aliphatic heterocycles. The Kier molecular flexibility index (Phi) is 6.08. The van der Waals surface area contributed by atoms with E-state index in [0.717, 1.165) is 19.0 Å². The molecule has 1 unspecified atom stereocenters. The number of hydrogen-bond donors (Lipinski definition) is 1. The summed E-state index contributed by atoms with van der Waals surface area (Å²) in [6.07, 6.45) is 1.57. The molecular weight excluding hydrogens is 224 g/mol. The predicted octanol–water partition coefficient (Wildman–Crippen LogP) is 3.04. The molecule has 2 nitrogen and oxygen atoms in total. The first kappa shape index (κ1) is 14.1. The van der Waals surface area contributed by atoms with Gasteiger partial charge in [-0.05, 0) is 25.5 Å². The van der Waals surface area contributed by atoms with Gasteiger partial charge in [0.15, 0.2) is 11.6 Å². The number of methoxy groups -OCH3 is 1. The minimum atomic E-state index is -0.803. The van der Waals surface area contributed by atoms with Crippen molar-refractivity contribution in [1.29, 1.82) is 0 Å². The van der Waals surface area contributed by atoms with Crippen molar-refractivity contribution < 1.29 is 13.5 Å². The van der Waals surface area contributed by atoms with E-state index >= 15 is 0 Å². The van der Waals surface area contributed by atoms with E-state index in [-0.39, 0.29) is 6.04 Å². The van der Waals surface area contributed by atoms with Gasteiger partial charge in [0.05, 0.1) is 0 Å². The first-order valence-electron chi connectivity index (χ1n) is 5.87. The Labute approximate surface area is 101 Å². The molecular formula is C13H19F2NO. The van der Waals surface area contributed by atoms with E-state index in [1.165, 1.54) is 6.07 Å². The zero-order valence-electron chi connectivity index (χ0n) is 10.3. The summed E-state index contributed by atoms with van der Waals surface area (Å²) in [7, 11) is 1.60. The lowest BCUT2D eigenvalue weighted by Crippen LogP contribution is -2.24. The zero-order valence-corrected chi connectivity index (χ0v) is 10.3. The first-order valence-corrected chi connectivity index (χ1v) is 5.87. The van der Waals surface area contributed by atoms with Crippen LogP contribution in [0.5, 0.6) is 0 Å². The number of halogens is 2. The average Bonchev–Trinajstić information content (AvgIpc) is 2.34. The molecule has 0 bridgehead atoms. The lowest BCUT2D eigenvalue weighted by molar-refractivity contribution is 0.182. The fourth-order valence-corrected chi connectivity index (χ4v) is 1.71. The lowest BCUT2D eigenvalue weighted by Gasteiger charge is -2.19. The van der Waals surface area contributed by atoms with Crippen molar-refractivity contribution in [3.8, 4) is 0 Å². The molecule has 0 spiro atoms. The van der Waals surface area contributed by atoms with E-state index in [4.69, 9.17) is 4.74 Å². The van der Waals surface area contributed by atoms with Crippen molar-refractivity contribution in [3.05, 3.63) is 35.4 Å². The highest BCUT2D eigenvalue weighted by Crippen LogP contribution is 2.22. The lowest BCUT2D eigenvalue weighted by atomic mass is 10.0. The molecule has 0 aliphatic rings. The number of benzene rings is 1. The van der Waals surface area contributed by atoms with Gasteiger partial charge in [0.1, 0.15) is 0 Å². The van der Waals surface area contributed by atoms with E-state index in [1.807, 2.05) is 6.92 Å². The molecule has 1 aromatic rings. The smallest absolute Gasteiger partial charge is 0.163 e. The second-order valence-electron chi connectivity index (χ2n) is 3.93. The van der Waals surface area contributed by atoms with Crippen molar-refractivity contribution in [2.24, 2.45) is 0 Å². The average molecular weight is 243 g/mol. The topological polar surface area (TPSA) is 21.3 Å². The van der Waals surface area contributed by atoms with Crippen LogP contribution in [-0.4, -0.2) is 20.3 Å². The van der Waals surface area contributed by atoms with Crippen LogP contribution in [0.25, 0.3) is 0 Å². The van der Waals surface area contributed by atoms with Crippen LogP contribution in [0.15, 0.2) is 18.2 Å². The number of rotatable bonds is 7. The highest BCUT2D eigenvalue weighted by molar-refractivity contribution is 5.22. The Balaban J connectivity index is 2.83. The first-order chi connectivity index (χ1) is 8.20. The summed E-state index contributed by atoms with van der Waals surface area (Å²) < 4.78 is 31.8. The van der Waals surface area contributed by atoms with Gasteiger partial charge in [0.25, 0.3) is 0 Å². The minimum Gasteiger partial charge on any atom is -0.385 e. The van der Waals surface area contributed by atoms with Gasteiger partial charge in [-0.3, -0.25) is 0 Å². The Morgan fingerprint density at radius 1 is 1.35 bits per heavy atom. The monoisotopic (exact) mass is 243 g/mol. The molecule has 0 aromatic heterocycles. The summed E-state index contributed by atoms with van der Waals surface area (Å²) in [5.41, 5.74) is 0.371. The van der Waals surface area contributed by atoms with Gasteiger partial charge in [0.2, 0.25) is 0 Å². The molecule has 1 atom stereocenters. The summed E-state index contributed by atoms with van der Waals surface area (Å²) >= 11 is 0. The highest BCUT2D eigenvalue weighted by Gasteiger charge is 2.17. The van der Waals surface area contributed by atoms with Crippen LogP contribution in [0.3, 0.4) is 0 Å². The largest absolute Gasteiger partial charge is 0.385 e. The Morgan fingerprint density at radius 2 is 2.12 bits per heavy atom. The molecule has 0 saturated carbocycles. The van der Waals surface area contributed by atoms with E-state index in [2.05, 4.69) is 5.32 Å². The molecule has 1 N–H and O–H groups in total. The van der Waals surface area contributed by atoms with Gasteiger partial charge < -0.3 is 10.1 Å². The standard InChI is InChI=1S/C13H19F2NO/c1-3-8-16-12(7-9-17-2)10-5-4-6-11(14)13(10)15/h4-6,12,16H,3,7-9H2,1-2H3. The van der Waals surface area contributed by atoms with Crippen molar-refractivity contribution >= 4 is 0 Å². The van der Waals surface area contributed by atoms with Gasteiger partial charge in [-0.2, -0.15) is 0 Å². The summed E-state index contributed by atoms with van der Waals surface area (Å²) in [6, 6.07) is 4.07. The van der Waals surface area contributed by atoms with Crippen molar-refractivity contribution in [1.82, 2.24) is 5.32 Å². The number of nitrogens with one attached hydrogen (secondary N) is 1. The molecule has 0 amide bonds. The van der Waals surface area contributed by atoms with Gasteiger partial charge >= 0.3 is 0 Å². The molecule has 0 radical (unpaired) electrons. The van der Waals surface area contributed by atoms with E-state index in [1.54, 1.807) is 13.2 Å². The Bertz CT molecular complexity index is 336. The molecule has 0 saturated heterocycles. The summed E-state index contributed by atoms with van der Waals surface area (Å²) in [6.45, 7) is 3.31. The molecule has 96 valence electrons. The van der Waals surface area contributed by atoms with Gasteiger partial charge in [-0.25, -0.2) is 8.78 Å². The van der Waals surface area contributed by atoms with Crippen LogP contribution < -0.4 is 5.32 Å². The van der Waals surface area contributed by atoms with Crippen molar-refractivity contribution in [3.63, 3.8) is 0 Å². The van der Waals surface area contributed by atoms with Crippen LogP contribution in [0.2, 0.25) is 0 Å². The molecule has 0 aliphatic carbocycles. The van der Waals surface area contributed by atoms with Crippen molar-refractivity contribution in [2.75, 3.05) is 20.3 Å². The second kappa shape index (κ2) is 7.35. The SMILES string of the molecule is CCCNC(CCOC)c1cccc(F)c1F. The highest BCUT2D eigenvalue weighted by atomic mass is 19.2. The predicted molar refractivity (Wildman–Crippen MR) is 63.9 cm³/mol. The zero-order chi connectivity index (χ0) is 12.7. The van der Waals surface area contributed by atoms with Crippen LogP contribution >= 0.6 is 0 Å². The van der Waals surface area contributed by atoms with Crippen LogP contribution in [0.1, 0.15) is 31.4 Å². The molecule has 4 heteroatoms. The quantitative estimate of drug-likeness (QED) is 0.794. The fourth-order valence-electron chi connectivity index (χ4n) is 1.71. The second-order valence-corrected chi connectivity index (χ2v) is 3.93. The molecule has 0 fully saturated rings. The van der Waals surface area contributed by atoms with Crippen LogP contribution in [0.4, 0.5) is 8.78 Å². The number of hydrogen-bond acceptors (Lipinski definition) is 2. The van der Waals surface area contributed by atoms with Crippen LogP contribution in [-0.2, 0) is 4.74 Å². The van der Waals surface area contributed by atoms with E-state index < -0.39 is 11.6 Å². The maximum Gasteiger partial charge on any atom is 0.163 e. The summed E-state index contributed by atoms with van der Waals surface area (Å²) in [5.74, 6) is -1.57. The molecule has 1 aromatic carbocycles. The van der Waals surface area contributed by atoms with E-state index in [9.17, 15) is 8.78 Å². The Hall–Kier alpha value is -1.00. The van der Waals surface area contributed by atoms with Crippen LogP contribution in [0, 0.1) is 11.6 Å². The third-order valence-corrected chi connectivity index (χ3v) is 2.61. The molecule has 17 heavy (non-hydrogen) atoms. The Morgan fingerprint density at radius 3 is 2.76 bits per heavy atom. The van der Waals surface area contributed by atoms with Gasteiger partial charge in [-0.1, -0.05) is 19.1 Å². The minimum absolute atomic E-state index is 0.203.